The highest BCUT2D eigenvalue weighted by Crippen LogP contribution is 2.35. The van der Waals surface area contributed by atoms with E-state index >= 15 is 0 Å². The van der Waals surface area contributed by atoms with Crippen molar-refractivity contribution in [3.05, 3.63) is 0 Å². The first-order valence-electron chi connectivity index (χ1n) is 7.26. The normalized spacial score (nSPS) is 29.1. The lowest BCUT2D eigenvalue weighted by molar-refractivity contribution is 0.184. The van der Waals surface area contributed by atoms with E-state index in [0.717, 1.165) is 24.0 Å². The summed E-state index contributed by atoms with van der Waals surface area (Å²) in [6.07, 6.45) is 6.13. The van der Waals surface area contributed by atoms with Gasteiger partial charge in [0.2, 0.25) is 0 Å². The summed E-state index contributed by atoms with van der Waals surface area (Å²) in [6, 6.07) is 0.921. The molecule has 2 fully saturated rings. The van der Waals surface area contributed by atoms with Crippen LogP contribution in [-0.2, 0) is 0 Å². The molecule has 2 saturated carbocycles. The van der Waals surface area contributed by atoms with Gasteiger partial charge in [-0.05, 0) is 50.7 Å². The van der Waals surface area contributed by atoms with Crippen LogP contribution in [0.25, 0.3) is 0 Å². The van der Waals surface area contributed by atoms with Gasteiger partial charge in [0.25, 0.3) is 0 Å². The summed E-state index contributed by atoms with van der Waals surface area (Å²) < 4.78 is 0. The summed E-state index contributed by atoms with van der Waals surface area (Å²) in [5.74, 6) is 1.93. The number of carbonyl (C=O) groups is 1. The van der Waals surface area contributed by atoms with Gasteiger partial charge in [-0.15, -0.1) is 0 Å². The average Bonchev–Trinajstić information content (AvgIpc) is 3.11. The van der Waals surface area contributed by atoms with Crippen molar-refractivity contribution in [1.82, 2.24) is 10.2 Å². The third-order valence-corrected chi connectivity index (χ3v) is 5.58. The van der Waals surface area contributed by atoms with Gasteiger partial charge in [0.1, 0.15) is 0 Å². The van der Waals surface area contributed by atoms with E-state index in [2.05, 4.69) is 19.2 Å². The number of nitrogens with one attached hydrogen (secondary N) is 1. The molecule has 104 valence electrons. The molecule has 0 spiro atoms. The fraction of sp³-hybridized carbons (Fsp3) is 0.929. The van der Waals surface area contributed by atoms with Gasteiger partial charge in [0.15, 0.2) is 0 Å². The maximum Gasteiger partial charge on any atom is 0.317 e. The standard InChI is InChI=1S/C14H26N2OS/c1-4-18-13-8-7-12(9-13)15-14(17)16(3)10(2)11-5-6-11/h10-13H,4-9H2,1-3H3,(H,15,17)/t10-,12+,13+/m0/s1. The molecule has 0 unspecified atom stereocenters. The molecule has 0 heterocycles. The number of urea groups is 1. The van der Waals surface area contributed by atoms with Crippen molar-refractivity contribution in [1.29, 1.82) is 0 Å². The van der Waals surface area contributed by atoms with Crippen LogP contribution < -0.4 is 5.32 Å². The molecule has 1 N–H and O–H groups in total. The van der Waals surface area contributed by atoms with Crippen LogP contribution in [0.15, 0.2) is 0 Å². The van der Waals surface area contributed by atoms with Crippen LogP contribution in [0.5, 0.6) is 0 Å². The zero-order valence-electron chi connectivity index (χ0n) is 11.8. The molecule has 4 heteroatoms. The summed E-state index contributed by atoms with van der Waals surface area (Å²) in [7, 11) is 1.94. The van der Waals surface area contributed by atoms with Gasteiger partial charge in [-0.2, -0.15) is 11.8 Å². The number of carbonyl (C=O) groups excluding carboxylic acids is 1. The molecule has 3 atom stereocenters. The predicted octanol–water partition coefficient (Wildman–Crippen LogP) is 3.10. The topological polar surface area (TPSA) is 32.3 Å². The SMILES string of the molecule is CCS[C@@H]1CC[C@@H](NC(=O)N(C)[C@@H](C)C2CC2)C1. The van der Waals surface area contributed by atoms with Crippen LogP contribution in [0.2, 0.25) is 0 Å². The minimum atomic E-state index is 0.126. The van der Waals surface area contributed by atoms with E-state index in [9.17, 15) is 4.79 Å². The highest BCUT2D eigenvalue weighted by Gasteiger charge is 2.33. The van der Waals surface area contributed by atoms with Crippen molar-refractivity contribution in [3.63, 3.8) is 0 Å². The van der Waals surface area contributed by atoms with E-state index < -0.39 is 0 Å². The van der Waals surface area contributed by atoms with Gasteiger partial charge in [0.05, 0.1) is 0 Å². The molecule has 0 aromatic rings. The Balaban J connectivity index is 1.73. The summed E-state index contributed by atoms with van der Waals surface area (Å²) in [4.78, 5) is 14.0. The number of nitrogens with zero attached hydrogens (tertiary/aromatic N) is 1. The summed E-state index contributed by atoms with van der Waals surface area (Å²) in [5.41, 5.74) is 0. The van der Waals surface area contributed by atoms with Crippen molar-refractivity contribution in [2.45, 2.75) is 63.3 Å². The number of hydrogen-bond acceptors (Lipinski definition) is 2. The number of amides is 2. The highest BCUT2D eigenvalue weighted by atomic mass is 32.2. The van der Waals surface area contributed by atoms with E-state index in [1.807, 2.05) is 23.7 Å². The van der Waals surface area contributed by atoms with E-state index in [4.69, 9.17) is 0 Å². The number of thioether (sulfide) groups is 1. The van der Waals surface area contributed by atoms with Gasteiger partial charge in [0, 0.05) is 24.4 Å². The summed E-state index contributed by atoms with van der Waals surface area (Å²) in [6.45, 7) is 4.38. The minimum absolute atomic E-state index is 0.126. The maximum atomic E-state index is 12.1. The molecule has 2 amide bonds. The largest absolute Gasteiger partial charge is 0.335 e. The third-order valence-electron chi connectivity index (χ3n) is 4.35. The molecule has 3 nitrogen and oxygen atoms in total. The van der Waals surface area contributed by atoms with Crippen molar-refractivity contribution in [2.24, 2.45) is 5.92 Å². The molecule has 2 rings (SSSR count). The van der Waals surface area contributed by atoms with Crippen molar-refractivity contribution < 1.29 is 4.79 Å². The van der Waals surface area contributed by atoms with Gasteiger partial charge in [-0.1, -0.05) is 6.92 Å². The van der Waals surface area contributed by atoms with Crippen molar-refractivity contribution in [3.8, 4) is 0 Å². The van der Waals surface area contributed by atoms with Crippen molar-refractivity contribution in [2.75, 3.05) is 12.8 Å². The smallest absolute Gasteiger partial charge is 0.317 e. The minimum Gasteiger partial charge on any atom is -0.335 e. The monoisotopic (exact) mass is 270 g/mol. The lowest BCUT2D eigenvalue weighted by atomic mass is 10.2. The van der Waals surface area contributed by atoms with Crippen molar-refractivity contribution >= 4 is 17.8 Å². The molecule has 0 aromatic heterocycles. The fourth-order valence-electron chi connectivity index (χ4n) is 2.81. The fourth-order valence-corrected chi connectivity index (χ4v) is 3.96. The molecule has 2 aliphatic carbocycles. The number of hydrogen-bond donors (Lipinski definition) is 1. The van der Waals surface area contributed by atoms with E-state index in [1.54, 1.807) is 0 Å². The Morgan fingerprint density at radius 3 is 2.72 bits per heavy atom. The molecule has 0 aromatic carbocycles. The third kappa shape index (κ3) is 3.56. The zero-order valence-corrected chi connectivity index (χ0v) is 12.6. The Kier molecular flexibility index (Phi) is 4.82. The second-order valence-electron chi connectivity index (χ2n) is 5.73. The molecule has 2 aliphatic rings. The van der Waals surface area contributed by atoms with Crippen LogP contribution in [0.4, 0.5) is 4.79 Å². The maximum absolute atomic E-state index is 12.1. The second-order valence-corrected chi connectivity index (χ2v) is 7.30. The van der Waals surface area contributed by atoms with E-state index in [-0.39, 0.29) is 6.03 Å². The molecule has 18 heavy (non-hydrogen) atoms. The molecule has 0 aliphatic heterocycles. The Bertz CT molecular complexity index is 294. The Labute approximate surface area is 115 Å². The predicted molar refractivity (Wildman–Crippen MR) is 78.0 cm³/mol. The zero-order chi connectivity index (χ0) is 13.1. The quantitative estimate of drug-likeness (QED) is 0.832. The lowest BCUT2D eigenvalue weighted by Crippen LogP contribution is -2.46. The Hall–Kier alpha value is -0.380. The Morgan fingerprint density at radius 2 is 2.11 bits per heavy atom. The second kappa shape index (κ2) is 6.18. The molecule has 0 bridgehead atoms. The first kappa shape index (κ1) is 14.0. The van der Waals surface area contributed by atoms with Gasteiger partial charge >= 0.3 is 6.03 Å². The molecule has 0 radical (unpaired) electrons. The molecule has 0 saturated heterocycles. The van der Waals surface area contributed by atoms with Gasteiger partial charge < -0.3 is 10.2 Å². The van der Waals surface area contributed by atoms with Gasteiger partial charge in [-0.3, -0.25) is 0 Å². The average molecular weight is 270 g/mol. The molecular weight excluding hydrogens is 244 g/mol. The molecular formula is C14H26N2OS. The van der Waals surface area contributed by atoms with Crippen LogP contribution in [0.3, 0.4) is 0 Å². The number of rotatable bonds is 5. The van der Waals surface area contributed by atoms with Crippen LogP contribution in [0.1, 0.15) is 46.0 Å². The first-order chi connectivity index (χ1) is 8.61. The van der Waals surface area contributed by atoms with Crippen LogP contribution in [0, 0.1) is 5.92 Å². The van der Waals surface area contributed by atoms with E-state index in [0.29, 0.717) is 12.1 Å². The Morgan fingerprint density at radius 1 is 1.39 bits per heavy atom. The van der Waals surface area contributed by atoms with E-state index in [1.165, 1.54) is 25.0 Å². The van der Waals surface area contributed by atoms with Crippen LogP contribution in [-0.4, -0.2) is 41.1 Å². The highest BCUT2D eigenvalue weighted by molar-refractivity contribution is 7.99. The lowest BCUT2D eigenvalue weighted by Gasteiger charge is -2.27. The first-order valence-corrected chi connectivity index (χ1v) is 8.31. The summed E-state index contributed by atoms with van der Waals surface area (Å²) >= 11 is 2.03. The van der Waals surface area contributed by atoms with Gasteiger partial charge in [-0.25, -0.2) is 4.79 Å². The van der Waals surface area contributed by atoms with Crippen LogP contribution >= 0.6 is 11.8 Å². The summed E-state index contributed by atoms with van der Waals surface area (Å²) in [5, 5.41) is 3.96.